The zero-order chi connectivity index (χ0) is 13.9. The van der Waals surface area contributed by atoms with Gasteiger partial charge in [-0.2, -0.15) is 5.10 Å². The van der Waals surface area contributed by atoms with Crippen LogP contribution in [0, 0.1) is 0 Å². The van der Waals surface area contributed by atoms with E-state index in [-0.39, 0.29) is 12.1 Å². The number of ether oxygens (including phenoxy) is 1. The number of hydrogen-bond donors (Lipinski definition) is 1. The maximum absolute atomic E-state index is 6.37. The highest BCUT2D eigenvalue weighted by Crippen LogP contribution is 2.30. The molecule has 2 heterocycles. The molecule has 0 fully saturated rings. The third kappa shape index (κ3) is 2.76. The molecule has 106 valence electrons. The summed E-state index contributed by atoms with van der Waals surface area (Å²) in [4.78, 5) is 0. The van der Waals surface area contributed by atoms with Crippen LogP contribution >= 0.6 is 0 Å². The van der Waals surface area contributed by atoms with E-state index in [1.54, 1.807) is 0 Å². The minimum Gasteiger partial charge on any atom is -0.372 e. The molecule has 20 heavy (non-hydrogen) atoms. The van der Waals surface area contributed by atoms with Gasteiger partial charge >= 0.3 is 0 Å². The zero-order valence-corrected chi connectivity index (χ0v) is 11.8. The van der Waals surface area contributed by atoms with Crippen molar-refractivity contribution in [3.63, 3.8) is 0 Å². The smallest absolute Gasteiger partial charge is 0.0978 e. The summed E-state index contributed by atoms with van der Waals surface area (Å²) in [5.41, 5.74) is 10.2. The van der Waals surface area contributed by atoms with Gasteiger partial charge in [-0.1, -0.05) is 24.3 Å². The predicted octanol–water partition coefficient (Wildman–Crippen LogP) is 1.99. The van der Waals surface area contributed by atoms with Crippen molar-refractivity contribution < 1.29 is 4.74 Å². The van der Waals surface area contributed by atoms with Crippen LogP contribution in [0.1, 0.15) is 29.2 Å². The van der Waals surface area contributed by atoms with E-state index in [1.165, 1.54) is 16.7 Å². The Hall–Kier alpha value is -1.65. The van der Waals surface area contributed by atoms with Crippen molar-refractivity contribution >= 4 is 0 Å². The molecule has 0 saturated heterocycles. The third-order valence-electron chi connectivity index (χ3n) is 3.94. The largest absolute Gasteiger partial charge is 0.372 e. The topological polar surface area (TPSA) is 53.1 Å². The van der Waals surface area contributed by atoms with Crippen molar-refractivity contribution in [2.24, 2.45) is 12.8 Å². The highest BCUT2D eigenvalue weighted by molar-refractivity contribution is 5.31. The molecule has 0 saturated carbocycles. The molecule has 1 aromatic carbocycles. The molecular formula is C16H21N3O. The first kappa shape index (κ1) is 13.3. The second-order valence-corrected chi connectivity index (χ2v) is 5.46. The van der Waals surface area contributed by atoms with Gasteiger partial charge in [0.2, 0.25) is 0 Å². The van der Waals surface area contributed by atoms with Crippen LogP contribution in [0.15, 0.2) is 36.7 Å². The Morgan fingerprint density at radius 2 is 2.30 bits per heavy atom. The lowest BCUT2D eigenvalue weighted by atomic mass is 9.91. The molecule has 4 heteroatoms. The number of hydrogen-bond acceptors (Lipinski definition) is 3. The van der Waals surface area contributed by atoms with Crippen LogP contribution in [0.2, 0.25) is 0 Å². The molecule has 2 aromatic rings. The Morgan fingerprint density at radius 3 is 3.10 bits per heavy atom. The van der Waals surface area contributed by atoms with Crippen LogP contribution in [-0.4, -0.2) is 22.4 Å². The molecule has 3 rings (SSSR count). The summed E-state index contributed by atoms with van der Waals surface area (Å²) in [6, 6.07) is 8.50. The monoisotopic (exact) mass is 271 g/mol. The fourth-order valence-corrected chi connectivity index (χ4v) is 2.86. The Labute approximate surface area is 119 Å². The average Bonchev–Trinajstić information content (AvgIpc) is 2.90. The lowest BCUT2D eigenvalue weighted by Gasteiger charge is -2.30. The second-order valence-electron chi connectivity index (χ2n) is 5.46. The van der Waals surface area contributed by atoms with Gasteiger partial charge in [0.05, 0.1) is 18.9 Å². The fourth-order valence-electron chi connectivity index (χ4n) is 2.86. The summed E-state index contributed by atoms with van der Waals surface area (Å²) in [7, 11) is 1.93. The number of nitrogens with two attached hydrogens (primary N) is 1. The van der Waals surface area contributed by atoms with E-state index in [2.05, 4.69) is 29.4 Å². The Kier molecular flexibility index (Phi) is 3.85. The molecule has 2 atom stereocenters. The second kappa shape index (κ2) is 5.77. The van der Waals surface area contributed by atoms with E-state index in [9.17, 15) is 0 Å². The molecule has 2 unspecified atom stereocenters. The first-order valence-electron chi connectivity index (χ1n) is 7.16. The minimum atomic E-state index is 0.0246. The Bertz CT molecular complexity index is 579. The van der Waals surface area contributed by atoms with Gasteiger partial charge < -0.3 is 10.5 Å². The first-order valence-corrected chi connectivity index (χ1v) is 7.16. The molecule has 4 nitrogen and oxygen atoms in total. The normalized spacial score (nSPS) is 19.6. The quantitative estimate of drug-likeness (QED) is 0.925. The van der Waals surface area contributed by atoms with Crippen LogP contribution in [0.3, 0.4) is 0 Å². The van der Waals surface area contributed by atoms with E-state index in [0.717, 1.165) is 25.9 Å². The Morgan fingerprint density at radius 1 is 1.45 bits per heavy atom. The number of nitrogens with zero attached hydrogens (tertiary/aromatic N) is 2. The van der Waals surface area contributed by atoms with Gasteiger partial charge in [0.1, 0.15) is 0 Å². The number of rotatable bonds is 4. The Balaban J connectivity index is 1.67. The predicted molar refractivity (Wildman–Crippen MR) is 78.3 cm³/mol. The van der Waals surface area contributed by atoms with Gasteiger partial charge in [0, 0.05) is 19.3 Å². The van der Waals surface area contributed by atoms with Gasteiger partial charge in [0.25, 0.3) is 0 Å². The molecule has 0 aliphatic carbocycles. The van der Waals surface area contributed by atoms with Gasteiger partial charge in [-0.3, -0.25) is 4.68 Å². The molecule has 0 bridgehead atoms. The van der Waals surface area contributed by atoms with E-state index in [0.29, 0.717) is 0 Å². The zero-order valence-electron chi connectivity index (χ0n) is 11.8. The summed E-state index contributed by atoms with van der Waals surface area (Å²) < 4.78 is 7.74. The van der Waals surface area contributed by atoms with Crippen LogP contribution < -0.4 is 5.73 Å². The maximum Gasteiger partial charge on any atom is 0.0978 e. The lowest BCUT2D eigenvalue weighted by Crippen LogP contribution is -2.34. The van der Waals surface area contributed by atoms with E-state index in [1.807, 2.05) is 24.1 Å². The van der Waals surface area contributed by atoms with E-state index >= 15 is 0 Å². The average molecular weight is 271 g/mol. The molecule has 1 aromatic heterocycles. The van der Waals surface area contributed by atoms with Crippen molar-refractivity contribution in [3.8, 4) is 0 Å². The van der Waals surface area contributed by atoms with Crippen molar-refractivity contribution in [2.75, 3.05) is 6.61 Å². The highest BCUT2D eigenvalue weighted by atomic mass is 16.5. The van der Waals surface area contributed by atoms with Crippen LogP contribution in [0.4, 0.5) is 0 Å². The summed E-state index contributed by atoms with van der Waals surface area (Å²) in [5, 5.41) is 4.19. The number of benzene rings is 1. The summed E-state index contributed by atoms with van der Waals surface area (Å²) >= 11 is 0. The van der Waals surface area contributed by atoms with E-state index in [4.69, 9.17) is 10.5 Å². The van der Waals surface area contributed by atoms with Crippen LogP contribution in [0.25, 0.3) is 0 Å². The van der Waals surface area contributed by atoms with Crippen LogP contribution in [0.5, 0.6) is 0 Å². The van der Waals surface area contributed by atoms with Gasteiger partial charge in [-0.05, 0) is 36.0 Å². The molecule has 2 N–H and O–H groups in total. The van der Waals surface area contributed by atoms with Crippen molar-refractivity contribution in [3.05, 3.63) is 53.3 Å². The van der Waals surface area contributed by atoms with E-state index < -0.39 is 0 Å². The molecule has 0 radical (unpaired) electrons. The molecule has 0 spiro atoms. The summed E-state index contributed by atoms with van der Waals surface area (Å²) in [6.07, 6.45) is 6.81. The molecule has 0 amide bonds. The minimum absolute atomic E-state index is 0.0246. The number of aromatic nitrogens is 2. The maximum atomic E-state index is 6.37. The standard InChI is InChI=1S/C16H21N3O/c1-19-11-12(10-18-19)6-7-15(17)16-14-5-3-2-4-13(14)8-9-20-16/h2-5,10-11,15-16H,6-9,17H2,1H3. The van der Waals surface area contributed by atoms with Crippen molar-refractivity contribution in [2.45, 2.75) is 31.4 Å². The molecule has 1 aliphatic rings. The highest BCUT2D eigenvalue weighted by Gasteiger charge is 2.26. The number of aryl methyl sites for hydroxylation is 2. The molecule has 1 aliphatic heterocycles. The van der Waals surface area contributed by atoms with Crippen molar-refractivity contribution in [1.29, 1.82) is 0 Å². The third-order valence-corrected chi connectivity index (χ3v) is 3.94. The van der Waals surface area contributed by atoms with Crippen LogP contribution in [-0.2, 0) is 24.6 Å². The molecular weight excluding hydrogens is 250 g/mol. The number of fused-ring (bicyclic) bond motifs is 1. The SMILES string of the molecule is Cn1cc(CCC(N)C2OCCc3ccccc32)cn1. The summed E-state index contributed by atoms with van der Waals surface area (Å²) in [5.74, 6) is 0. The van der Waals surface area contributed by atoms with Crippen molar-refractivity contribution in [1.82, 2.24) is 9.78 Å². The van der Waals surface area contributed by atoms with Gasteiger partial charge in [0.15, 0.2) is 0 Å². The lowest BCUT2D eigenvalue weighted by molar-refractivity contribution is 0.0228. The first-order chi connectivity index (χ1) is 9.74. The summed E-state index contributed by atoms with van der Waals surface area (Å²) in [6.45, 7) is 0.766. The van der Waals surface area contributed by atoms with Gasteiger partial charge in [-0.25, -0.2) is 0 Å². The van der Waals surface area contributed by atoms with Gasteiger partial charge in [-0.15, -0.1) is 0 Å². The fraction of sp³-hybridized carbons (Fsp3) is 0.438.